The molecule has 4 nitrogen and oxygen atoms in total. The number of ether oxygens (including phenoxy) is 1. The largest absolute Gasteiger partial charge is 0.411 e. The molecule has 0 aliphatic heterocycles. The molecule has 0 aliphatic rings. The first-order valence-electron chi connectivity index (χ1n) is 5.98. The summed E-state index contributed by atoms with van der Waals surface area (Å²) in [5, 5.41) is 3.32. The number of aromatic nitrogens is 1. The minimum Gasteiger partial charge on any atom is -0.370 e. The maximum absolute atomic E-state index is 11.8. The summed E-state index contributed by atoms with van der Waals surface area (Å²) in [5.41, 5.74) is -0.140. The number of rotatable bonds is 5. The third-order valence-electron chi connectivity index (χ3n) is 2.17. The maximum Gasteiger partial charge on any atom is 0.411 e. The van der Waals surface area contributed by atoms with Gasteiger partial charge in [0.15, 0.2) is 0 Å². The molecule has 0 fully saturated rings. The predicted octanol–water partition coefficient (Wildman–Crippen LogP) is 2.75. The van der Waals surface area contributed by atoms with Crippen molar-refractivity contribution >= 4 is 17.2 Å². The van der Waals surface area contributed by atoms with Gasteiger partial charge in [-0.3, -0.25) is 4.79 Å². The molecule has 1 N–H and O–H groups in total. The number of nitrogens with zero attached hydrogens (tertiary/aromatic N) is 1. The first kappa shape index (κ1) is 16.9. The Morgan fingerprint density at radius 1 is 1.40 bits per heavy atom. The molecule has 0 saturated heterocycles. The molecule has 0 spiro atoms. The number of hydrogen-bond donors (Lipinski definition) is 1. The van der Waals surface area contributed by atoms with Crippen LogP contribution in [0.15, 0.2) is 6.20 Å². The smallest absolute Gasteiger partial charge is 0.370 e. The van der Waals surface area contributed by atoms with Crippen molar-refractivity contribution in [1.82, 2.24) is 10.3 Å². The van der Waals surface area contributed by atoms with Gasteiger partial charge in [0.25, 0.3) is 5.91 Å². The third kappa shape index (κ3) is 5.87. The highest BCUT2D eigenvalue weighted by Crippen LogP contribution is 2.26. The van der Waals surface area contributed by atoms with Crippen molar-refractivity contribution in [2.45, 2.75) is 32.4 Å². The summed E-state index contributed by atoms with van der Waals surface area (Å²) in [5.74, 6) is -0.353. The molecule has 0 radical (unpaired) electrons. The lowest BCUT2D eigenvalue weighted by molar-refractivity contribution is -0.173. The van der Waals surface area contributed by atoms with Gasteiger partial charge in [0, 0.05) is 12.0 Å². The van der Waals surface area contributed by atoms with E-state index in [1.807, 2.05) is 20.8 Å². The van der Waals surface area contributed by atoms with Crippen LogP contribution in [0.2, 0.25) is 0 Å². The molecule has 20 heavy (non-hydrogen) atoms. The minimum absolute atomic E-state index is 0.0255. The second-order valence-corrected chi connectivity index (χ2v) is 6.23. The summed E-state index contributed by atoms with van der Waals surface area (Å²) in [6.45, 7) is 4.49. The molecule has 0 bridgehead atoms. The van der Waals surface area contributed by atoms with Crippen LogP contribution in [0.1, 0.15) is 35.5 Å². The zero-order valence-electron chi connectivity index (χ0n) is 11.5. The van der Waals surface area contributed by atoms with Crippen molar-refractivity contribution in [3.63, 3.8) is 0 Å². The van der Waals surface area contributed by atoms with Gasteiger partial charge in [-0.15, -0.1) is 11.3 Å². The lowest BCUT2D eigenvalue weighted by atomic mass is 9.98. The third-order valence-corrected chi connectivity index (χ3v) is 3.59. The summed E-state index contributed by atoms with van der Waals surface area (Å²) in [7, 11) is 0. The Bertz CT molecular complexity index is 452. The zero-order valence-corrected chi connectivity index (χ0v) is 12.3. The predicted molar refractivity (Wildman–Crippen MR) is 70.0 cm³/mol. The summed E-state index contributed by atoms with van der Waals surface area (Å²) in [6.07, 6.45) is -2.87. The normalized spacial score (nSPS) is 12.5. The van der Waals surface area contributed by atoms with Gasteiger partial charge in [-0.1, -0.05) is 20.8 Å². The summed E-state index contributed by atoms with van der Waals surface area (Å²) < 4.78 is 39.8. The van der Waals surface area contributed by atoms with Crippen molar-refractivity contribution in [2.24, 2.45) is 0 Å². The van der Waals surface area contributed by atoms with Gasteiger partial charge in [0.05, 0.1) is 17.8 Å². The second kappa shape index (κ2) is 6.53. The molecule has 1 aromatic heterocycles. The molecule has 0 aromatic carbocycles. The number of alkyl halides is 3. The molecular formula is C12H17F3N2O2S. The second-order valence-electron chi connectivity index (χ2n) is 5.20. The summed E-state index contributed by atoms with van der Waals surface area (Å²) >= 11 is 1.27. The van der Waals surface area contributed by atoms with E-state index in [1.165, 1.54) is 17.5 Å². The number of carbonyl (C=O) groups is 1. The fraction of sp³-hybridized carbons (Fsp3) is 0.667. The van der Waals surface area contributed by atoms with Gasteiger partial charge in [0.2, 0.25) is 0 Å². The van der Waals surface area contributed by atoms with Crippen LogP contribution in [-0.4, -0.2) is 36.8 Å². The molecule has 1 rings (SSSR count). The number of thiazole rings is 1. The number of hydrogen-bond acceptors (Lipinski definition) is 4. The van der Waals surface area contributed by atoms with Gasteiger partial charge in [-0.2, -0.15) is 13.2 Å². The van der Waals surface area contributed by atoms with E-state index in [9.17, 15) is 18.0 Å². The van der Waals surface area contributed by atoms with Crippen LogP contribution in [0.25, 0.3) is 0 Å². The first-order valence-corrected chi connectivity index (χ1v) is 6.80. The minimum atomic E-state index is -4.34. The van der Waals surface area contributed by atoms with Gasteiger partial charge in [0.1, 0.15) is 11.5 Å². The van der Waals surface area contributed by atoms with Crippen LogP contribution >= 0.6 is 11.3 Å². The quantitative estimate of drug-likeness (QED) is 0.851. The standard InChI is InChI=1S/C12H17F3N2O2S/c1-11(2,3)10-17-6-8(20-10)9(18)16-4-5-19-7-12(13,14)15/h6H,4-5,7H2,1-3H3,(H,16,18). The lowest BCUT2D eigenvalue weighted by Gasteiger charge is -2.13. The number of nitrogens with one attached hydrogen (secondary N) is 1. The van der Waals surface area contributed by atoms with Crippen molar-refractivity contribution in [2.75, 3.05) is 19.8 Å². The van der Waals surface area contributed by atoms with Gasteiger partial charge in [-0.05, 0) is 0 Å². The topological polar surface area (TPSA) is 51.2 Å². The maximum atomic E-state index is 11.8. The van der Waals surface area contributed by atoms with E-state index >= 15 is 0 Å². The fourth-order valence-electron chi connectivity index (χ4n) is 1.24. The molecule has 114 valence electrons. The first-order chi connectivity index (χ1) is 9.09. The molecule has 0 aliphatic carbocycles. The zero-order chi connectivity index (χ0) is 15.4. The SMILES string of the molecule is CC(C)(C)c1ncc(C(=O)NCCOCC(F)(F)F)s1. The molecule has 1 heterocycles. The van der Waals surface area contributed by atoms with E-state index in [-0.39, 0.29) is 24.5 Å². The van der Waals surface area contributed by atoms with Crippen LogP contribution in [0, 0.1) is 0 Å². The van der Waals surface area contributed by atoms with Crippen LogP contribution < -0.4 is 5.32 Å². The number of carbonyl (C=O) groups excluding carboxylic acids is 1. The van der Waals surface area contributed by atoms with E-state index in [0.29, 0.717) is 4.88 Å². The van der Waals surface area contributed by atoms with Crippen molar-refractivity contribution < 1.29 is 22.7 Å². The molecule has 1 aromatic rings. The van der Waals surface area contributed by atoms with Crippen LogP contribution in [0.3, 0.4) is 0 Å². The lowest BCUT2D eigenvalue weighted by Crippen LogP contribution is -2.28. The highest BCUT2D eigenvalue weighted by molar-refractivity contribution is 7.13. The van der Waals surface area contributed by atoms with Crippen molar-refractivity contribution in [3.8, 4) is 0 Å². The average Bonchev–Trinajstić information content (AvgIpc) is 2.75. The molecule has 0 unspecified atom stereocenters. The molecule has 8 heteroatoms. The van der Waals surface area contributed by atoms with E-state index in [0.717, 1.165) is 5.01 Å². The summed E-state index contributed by atoms with van der Waals surface area (Å²) in [4.78, 5) is 16.3. The Hall–Kier alpha value is -1.15. The van der Waals surface area contributed by atoms with Gasteiger partial charge >= 0.3 is 6.18 Å². The highest BCUT2D eigenvalue weighted by atomic mass is 32.1. The van der Waals surface area contributed by atoms with Crippen LogP contribution in [0.5, 0.6) is 0 Å². The Morgan fingerprint density at radius 2 is 2.05 bits per heavy atom. The van der Waals surface area contributed by atoms with Crippen molar-refractivity contribution in [3.05, 3.63) is 16.1 Å². The fourth-order valence-corrected chi connectivity index (χ4v) is 2.13. The Morgan fingerprint density at radius 3 is 2.55 bits per heavy atom. The Labute approximate surface area is 119 Å². The number of halogens is 3. The van der Waals surface area contributed by atoms with Gasteiger partial charge in [-0.25, -0.2) is 4.98 Å². The van der Waals surface area contributed by atoms with E-state index in [1.54, 1.807) is 0 Å². The average molecular weight is 310 g/mol. The summed E-state index contributed by atoms with van der Waals surface area (Å²) in [6, 6.07) is 0. The monoisotopic (exact) mass is 310 g/mol. The Kier molecular flexibility index (Phi) is 5.52. The van der Waals surface area contributed by atoms with Crippen LogP contribution in [-0.2, 0) is 10.2 Å². The van der Waals surface area contributed by atoms with Crippen molar-refractivity contribution in [1.29, 1.82) is 0 Å². The molecule has 1 amide bonds. The van der Waals surface area contributed by atoms with E-state index in [2.05, 4.69) is 15.0 Å². The Balaban J connectivity index is 2.35. The molecule has 0 atom stereocenters. The molecular weight excluding hydrogens is 293 g/mol. The van der Waals surface area contributed by atoms with Gasteiger partial charge < -0.3 is 10.1 Å². The van der Waals surface area contributed by atoms with E-state index in [4.69, 9.17) is 0 Å². The van der Waals surface area contributed by atoms with E-state index < -0.39 is 12.8 Å². The number of amides is 1. The molecule has 0 saturated carbocycles. The highest BCUT2D eigenvalue weighted by Gasteiger charge is 2.27. The van der Waals surface area contributed by atoms with Crippen LogP contribution in [0.4, 0.5) is 13.2 Å².